The first-order valence-electron chi connectivity index (χ1n) is 4.43. The zero-order chi connectivity index (χ0) is 11.5. The van der Waals surface area contributed by atoms with Crippen molar-refractivity contribution in [2.24, 2.45) is 0 Å². The number of hydrogen-bond donors (Lipinski definition) is 1. The lowest BCUT2D eigenvalue weighted by atomic mass is 10.3. The molecule has 1 N–H and O–H groups in total. The Morgan fingerprint density at radius 1 is 1.19 bits per heavy atom. The number of anilines is 1. The topological polar surface area (TPSA) is 24.9 Å². The summed E-state index contributed by atoms with van der Waals surface area (Å²) in [7, 11) is 0. The second kappa shape index (κ2) is 4.52. The molecule has 0 saturated carbocycles. The van der Waals surface area contributed by atoms with Crippen LogP contribution in [0.3, 0.4) is 0 Å². The summed E-state index contributed by atoms with van der Waals surface area (Å²) < 4.78 is 38.7. The summed E-state index contributed by atoms with van der Waals surface area (Å²) in [5.74, 6) is -3.86. The summed E-state index contributed by atoms with van der Waals surface area (Å²) in [6.07, 6.45) is 1.62. The van der Waals surface area contributed by atoms with Gasteiger partial charge in [0, 0.05) is 11.1 Å². The molecule has 0 aliphatic rings. The minimum Gasteiger partial charge on any atom is -0.378 e. The summed E-state index contributed by atoms with van der Waals surface area (Å²) in [4.78, 5) is 4.72. The molecule has 0 spiro atoms. The van der Waals surface area contributed by atoms with Crippen LogP contribution in [0, 0.1) is 17.5 Å². The van der Waals surface area contributed by atoms with Crippen molar-refractivity contribution in [1.29, 1.82) is 0 Å². The highest BCUT2D eigenvalue weighted by Crippen LogP contribution is 2.20. The van der Waals surface area contributed by atoms with Gasteiger partial charge in [0.1, 0.15) is 0 Å². The molecule has 1 aromatic heterocycles. The molecule has 0 radical (unpaired) electrons. The van der Waals surface area contributed by atoms with Gasteiger partial charge in [-0.2, -0.15) is 0 Å². The van der Waals surface area contributed by atoms with E-state index in [4.69, 9.17) is 0 Å². The first-order chi connectivity index (χ1) is 7.68. The predicted molar refractivity (Wildman–Crippen MR) is 55.8 cm³/mol. The van der Waals surface area contributed by atoms with Gasteiger partial charge in [-0.05, 0) is 12.1 Å². The van der Waals surface area contributed by atoms with Gasteiger partial charge in [0.25, 0.3) is 0 Å². The van der Waals surface area contributed by atoms with E-state index in [-0.39, 0.29) is 5.69 Å². The van der Waals surface area contributed by atoms with Crippen molar-refractivity contribution in [3.8, 4) is 0 Å². The highest BCUT2D eigenvalue weighted by Gasteiger charge is 2.12. The van der Waals surface area contributed by atoms with E-state index in [1.165, 1.54) is 11.3 Å². The maximum Gasteiger partial charge on any atom is 0.196 e. The van der Waals surface area contributed by atoms with Crippen LogP contribution in [0.5, 0.6) is 0 Å². The summed E-state index contributed by atoms with van der Waals surface area (Å²) in [5.41, 5.74) is 1.57. The zero-order valence-electron chi connectivity index (χ0n) is 8.01. The molecule has 6 heteroatoms. The highest BCUT2D eigenvalue weighted by molar-refractivity contribution is 7.09. The molecule has 0 saturated heterocycles. The number of thiazole rings is 1. The quantitative estimate of drug-likeness (QED) is 0.839. The first-order valence-corrected chi connectivity index (χ1v) is 5.31. The Morgan fingerprint density at radius 2 is 2.00 bits per heavy atom. The molecule has 0 amide bonds. The molecule has 1 heterocycles. The van der Waals surface area contributed by atoms with Gasteiger partial charge < -0.3 is 5.32 Å². The second-order valence-electron chi connectivity index (χ2n) is 3.04. The van der Waals surface area contributed by atoms with E-state index in [0.717, 1.165) is 17.0 Å². The van der Waals surface area contributed by atoms with E-state index in [0.29, 0.717) is 6.54 Å². The van der Waals surface area contributed by atoms with Crippen LogP contribution in [0.1, 0.15) is 4.88 Å². The van der Waals surface area contributed by atoms with Crippen molar-refractivity contribution in [2.45, 2.75) is 6.54 Å². The van der Waals surface area contributed by atoms with Crippen LogP contribution in [0.4, 0.5) is 18.9 Å². The Hall–Kier alpha value is -1.56. The average molecular weight is 244 g/mol. The SMILES string of the molecule is Fc1ccc(NCc2cncs2)c(F)c1F. The summed E-state index contributed by atoms with van der Waals surface area (Å²) in [5, 5.41) is 2.67. The maximum absolute atomic E-state index is 13.2. The standard InChI is InChI=1S/C10H7F3N2S/c11-7-1-2-8(10(13)9(7)12)15-4-6-3-14-5-16-6/h1-3,5,15H,4H2. The zero-order valence-corrected chi connectivity index (χ0v) is 8.82. The van der Waals surface area contributed by atoms with Crippen molar-refractivity contribution in [3.05, 3.63) is 46.2 Å². The normalized spacial score (nSPS) is 10.4. The third-order valence-corrected chi connectivity index (χ3v) is 2.75. The average Bonchev–Trinajstić information content (AvgIpc) is 2.78. The number of nitrogens with zero attached hydrogens (tertiary/aromatic N) is 1. The Bertz CT molecular complexity index is 485. The summed E-state index contributed by atoms with van der Waals surface area (Å²) >= 11 is 1.39. The fraction of sp³-hybridized carbons (Fsp3) is 0.100. The van der Waals surface area contributed by atoms with Crippen molar-refractivity contribution < 1.29 is 13.2 Å². The molecule has 0 fully saturated rings. The minimum absolute atomic E-state index is 0.0627. The van der Waals surface area contributed by atoms with Crippen LogP contribution in [0.25, 0.3) is 0 Å². The van der Waals surface area contributed by atoms with E-state index < -0.39 is 17.5 Å². The number of rotatable bonds is 3. The summed E-state index contributed by atoms with van der Waals surface area (Å²) in [6.45, 7) is 0.326. The lowest BCUT2D eigenvalue weighted by Crippen LogP contribution is -2.02. The molecule has 0 unspecified atom stereocenters. The van der Waals surface area contributed by atoms with Crippen molar-refractivity contribution in [3.63, 3.8) is 0 Å². The van der Waals surface area contributed by atoms with E-state index in [9.17, 15) is 13.2 Å². The van der Waals surface area contributed by atoms with Gasteiger partial charge in [0.05, 0.1) is 17.7 Å². The third kappa shape index (κ3) is 2.16. The molecule has 84 valence electrons. The van der Waals surface area contributed by atoms with E-state index in [1.54, 1.807) is 11.7 Å². The molecule has 0 bridgehead atoms. The predicted octanol–water partition coefficient (Wildman–Crippen LogP) is 3.17. The minimum atomic E-state index is -1.46. The van der Waals surface area contributed by atoms with Crippen LogP contribution in [-0.2, 0) is 6.54 Å². The van der Waals surface area contributed by atoms with Crippen LogP contribution in [0.15, 0.2) is 23.8 Å². The van der Waals surface area contributed by atoms with Crippen LogP contribution in [0.2, 0.25) is 0 Å². The Kier molecular flexibility index (Phi) is 3.09. The number of hydrogen-bond acceptors (Lipinski definition) is 3. The Balaban J connectivity index is 2.13. The van der Waals surface area contributed by atoms with E-state index in [2.05, 4.69) is 10.3 Å². The van der Waals surface area contributed by atoms with E-state index in [1.807, 2.05) is 0 Å². The largest absolute Gasteiger partial charge is 0.378 e. The van der Waals surface area contributed by atoms with Crippen LogP contribution < -0.4 is 5.32 Å². The number of halogens is 3. The smallest absolute Gasteiger partial charge is 0.196 e. The third-order valence-electron chi connectivity index (χ3n) is 1.97. The van der Waals surface area contributed by atoms with Crippen molar-refractivity contribution in [1.82, 2.24) is 4.98 Å². The lowest BCUT2D eigenvalue weighted by molar-refractivity contribution is 0.449. The fourth-order valence-corrected chi connectivity index (χ4v) is 1.71. The summed E-state index contributed by atoms with van der Waals surface area (Å²) in [6, 6.07) is 2.04. The van der Waals surface area contributed by atoms with E-state index >= 15 is 0 Å². The molecule has 16 heavy (non-hydrogen) atoms. The molecule has 2 aromatic rings. The van der Waals surface area contributed by atoms with Gasteiger partial charge in [-0.3, -0.25) is 4.98 Å². The van der Waals surface area contributed by atoms with Crippen molar-refractivity contribution in [2.75, 3.05) is 5.32 Å². The lowest BCUT2D eigenvalue weighted by Gasteiger charge is -2.06. The van der Waals surface area contributed by atoms with Gasteiger partial charge >= 0.3 is 0 Å². The molecule has 1 aromatic carbocycles. The van der Waals surface area contributed by atoms with Crippen LogP contribution >= 0.6 is 11.3 Å². The monoisotopic (exact) mass is 244 g/mol. The van der Waals surface area contributed by atoms with Gasteiger partial charge in [0.2, 0.25) is 0 Å². The number of benzene rings is 1. The van der Waals surface area contributed by atoms with Crippen LogP contribution in [-0.4, -0.2) is 4.98 Å². The Morgan fingerprint density at radius 3 is 2.69 bits per heavy atom. The van der Waals surface area contributed by atoms with Gasteiger partial charge in [-0.25, -0.2) is 13.2 Å². The molecular weight excluding hydrogens is 237 g/mol. The number of aromatic nitrogens is 1. The Labute approximate surface area is 93.8 Å². The van der Waals surface area contributed by atoms with Gasteiger partial charge in [0.15, 0.2) is 17.5 Å². The van der Waals surface area contributed by atoms with Gasteiger partial charge in [-0.1, -0.05) is 0 Å². The van der Waals surface area contributed by atoms with Crippen molar-refractivity contribution >= 4 is 17.0 Å². The molecule has 0 aliphatic carbocycles. The molecule has 2 nitrogen and oxygen atoms in total. The second-order valence-corrected chi connectivity index (χ2v) is 4.02. The molecule has 2 rings (SSSR count). The molecular formula is C10H7F3N2S. The van der Waals surface area contributed by atoms with Gasteiger partial charge in [-0.15, -0.1) is 11.3 Å². The first kappa shape index (κ1) is 10.9. The number of nitrogens with one attached hydrogen (secondary N) is 1. The molecule has 0 aliphatic heterocycles. The highest BCUT2D eigenvalue weighted by atomic mass is 32.1. The molecule has 0 atom stereocenters. The fourth-order valence-electron chi connectivity index (χ4n) is 1.17. The maximum atomic E-state index is 13.2.